The summed E-state index contributed by atoms with van der Waals surface area (Å²) in [6.07, 6.45) is 3.11. The second-order valence-electron chi connectivity index (χ2n) is 9.01. The normalized spacial score (nSPS) is 23.4. The van der Waals surface area contributed by atoms with E-state index in [4.69, 9.17) is 16.3 Å². The number of hydrogen-bond acceptors (Lipinski definition) is 3. The molecule has 0 bridgehead atoms. The first kappa shape index (κ1) is 18.6. The van der Waals surface area contributed by atoms with Gasteiger partial charge in [-0.05, 0) is 66.6 Å². The van der Waals surface area contributed by atoms with Crippen LogP contribution in [0.4, 0.5) is 0 Å². The molecule has 0 radical (unpaired) electrons. The fraction of sp³-hybridized carbons (Fsp3) is 0.478. The van der Waals surface area contributed by atoms with Crippen molar-refractivity contribution in [3.8, 4) is 11.5 Å². The minimum atomic E-state index is -0.0488. The third kappa shape index (κ3) is 2.92. The third-order valence-electron chi connectivity index (χ3n) is 6.43. The second-order valence-corrected chi connectivity index (χ2v) is 9.42. The Hall–Kier alpha value is -1.71. The van der Waals surface area contributed by atoms with E-state index in [-0.39, 0.29) is 22.6 Å². The van der Waals surface area contributed by atoms with Gasteiger partial charge in [0.05, 0.1) is 7.11 Å². The van der Waals surface area contributed by atoms with Gasteiger partial charge in [-0.1, -0.05) is 43.6 Å². The average molecular weight is 386 g/mol. The number of likely N-dealkylation sites (N-methyl/N-ethyl adjacent to an activating group) is 1. The minimum absolute atomic E-state index is 0.0488. The van der Waals surface area contributed by atoms with Crippen LogP contribution >= 0.6 is 11.6 Å². The summed E-state index contributed by atoms with van der Waals surface area (Å²) >= 11 is 6.70. The van der Waals surface area contributed by atoms with E-state index in [2.05, 4.69) is 37.9 Å². The predicted molar refractivity (Wildman–Crippen MR) is 110 cm³/mol. The summed E-state index contributed by atoms with van der Waals surface area (Å²) in [6.45, 7) is 5.65. The van der Waals surface area contributed by atoms with Gasteiger partial charge in [0.1, 0.15) is 0 Å². The molecule has 4 heteroatoms. The number of benzene rings is 2. The van der Waals surface area contributed by atoms with Crippen LogP contribution in [0.1, 0.15) is 49.4 Å². The number of rotatable bonds is 3. The highest BCUT2D eigenvalue weighted by molar-refractivity contribution is 6.31. The van der Waals surface area contributed by atoms with Crippen LogP contribution in [0.15, 0.2) is 36.4 Å². The molecule has 0 spiro atoms. The molecule has 1 aliphatic heterocycles. The van der Waals surface area contributed by atoms with Crippen LogP contribution in [-0.4, -0.2) is 30.7 Å². The zero-order valence-electron chi connectivity index (χ0n) is 16.6. The Morgan fingerprint density at radius 1 is 1.19 bits per heavy atom. The molecule has 2 aliphatic rings. The summed E-state index contributed by atoms with van der Waals surface area (Å²) in [5.74, 6) is 0.766. The molecule has 1 atom stereocenters. The fourth-order valence-electron chi connectivity index (χ4n) is 5.70. The molecule has 27 heavy (non-hydrogen) atoms. The summed E-state index contributed by atoms with van der Waals surface area (Å²) < 4.78 is 5.35. The lowest BCUT2D eigenvalue weighted by Crippen LogP contribution is -2.56. The lowest BCUT2D eigenvalue weighted by atomic mass is 9.47. The van der Waals surface area contributed by atoms with E-state index in [1.165, 1.54) is 16.7 Å². The zero-order valence-corrected chi connectivity index (χ0v) is 17.3. The monoisotopic (exact) mass is 385 g/mol. The molecule has 2 aromatic carbocycles. The number of fused-ring (bicyclic) bond motifs is 1. The molecule has 4 rings (SSSR count). The number of phenolic OH excluding ortho intramolecular Hbond substituents is 1. The van der Waals surface area contributed by atoms with Crippen molar-refractivity contribution in [3.05, 3.63) is 58.1 Å². The van der Waals surface area contributed by atoms with Crippen molar-refractivity contribution in [3.63, 3.8) is 0 Å². The molecule has 1 fully saturated rings. The molecule has 1 heterocycles. The first-order valence-corrected chi connectivity index (χ1v) is 10.0. The van der Waals surface area contributed by atoms with E-state index in [9.17, 15) is 5.11 Å². The Morgan fingerprint density at radius 2 is 1.89 bits per heavy atom. The molecule has 0 aromatic heterocycles. The number of halogens is 1. The smallest absolute Gasteiger partial charge is 0.160 e. The van der Waals surface area contributed by atoms with Crippen molar-refractivity contribution in [2.24, 2.45) is 5.41 Å². The SMILES string of the molecule is COc1cc2c(cc1O)C(C1(c3ccccc3Cl)CC(C)(C)C1)N(C)CC2. The van der Waals surface area contributed by atoms with E-state index in [0.717, 1.165) is 30.8 Å². The molecule has 3 nitrogen and oxygen atoms in total. The van der Waals surface area contributed by atoms with Crippen molar-refractivity contribution in [2.75, 3.05) is 20.7 Å². The van der Waals surface area contributed by atoms with E-state index in [1.807, 2.05) is 24.3 Å². The lowest BCUT2D eigenvalue weighted by molar-refractivity contribution is -0.0197. The Morgan fingerprint density at radius 3 is 2.52 bits per heavy atom. The van der Waals surface area contributed by atoms with Crippen molar-refractivity contribution in [1.29, 1.82) is 0 Å². The molecule has 1 aliphatic carbocycles. The number of phenols is 1. The highest BCUT2D eigenvalue weighted by atomic mass is 35.5. The molecular formula is C23H28ClNO2. The quantitative estimate of drug-likeness (QED) is 0.773. The van der Waals surface area contributed by atoms with E-state index in [1.54, 1.807) is 7.11 Å². The van der Waals surface area contributed by atoms with Crippen molar-refractivity contribution < 1.29 is 9.84 Å². The van der Waals surface area contributed by atoms with E-state index >= 15 is 0 Å². The van der Waals surface area contributed by atoms with Gasteiger partial charge in [-0.2, -0.15) is 0 Å². The molecule has 0 saturated heterocycles. The van der Waals surface area contributed by atoms with Gasteiger partial charge < -0.3 is 9.84 Å². The molecular weight excluding hydrogens is 358 g/mol. The van der Waals surface area contributed by atoms with Gasteiger partial charge in [0.25, 0.3) is 0 Å². The van der Waals surface area contributed by atoms with E-state index < -0.39 is 0 Å². The Kier molecular flexibility index (Phi) is 4.44. The van der Waals surface area contributed by atoms with Crippen LogP contribution < -0.4 is 4.74 Å². The Labute approximate surface area is 166 Å². The first-order valence-electron chi connectivity index (χ1n) is 9.62. The van der Waals surface area contributed by atoms with Crippen LogP contribution in [-0.2, 0) is 11.8 Å². The predicted octanol–water partition coefficient (Wildman–Crippen LogP) is 5.34. The molecule has 2 aromatic rings. The number of methoxy groups -OCH3 is 1. The van der Waals surface area contributed by atoms with Gasteiger partial charge in [-0.15, -0.1) is 0 Å². The second kappa shape index (κ2) is 6.42. The minimum Gasteiger partial charge on any atom is -0.504 e. The van der Waals surface area contributed by atoms with Gasteiger partial charge in [0.2, 0.25) is 0 Å². The summed E-state index contributed by atoms with van der Waals surface area (Å²) in [6, 6.07) is 12.4. The summed E-state index contributed by atoms with van der Waals surface area (Å²) in [4.78, 5) is 2.44. The van der Waals surface area contributed by atoms with E-state index in [0.29, 0.717) is 5.75 Å². The number of ether oxygens (including phenoxy) is 1. The van der Waals surface area contributed by atoms with Crippen LogP contribution in [0.3, 0.4) is 0 Å². The molecule has 144 valence electrons. The zero-order chi connectivity index (χ0) is 19.4. The molecule has 0 amide bonds. The molecule has 1 saturated carbocycles. The van der Waals surface area contributed by atoms with Gasteiger partial charge in [-0.25, -0.2) is 0 Å². The number of nitrogens with zero attached hydrogens (tertiary/aromatic N) is 1. The maximum atomic E-state index is 10.5. The van der Waals surface area contributed by atoms with Crippen LogP contribution in [0.2, 0.25) is 5.02 Å². The number of aromatic hydroxyl groups is 1. The summed E-state index contributed by atoms with van der Waals surface area (Å²) in [5.41, 5.74) is 3.94. The summed E-state index contributed by atoms with van der Waals surface area (Å²) in [7, 11) is 3.80. The Balaban J connectivity index is 1.90. The van der Waals surface area contributed by atoms with Gasteiger partial charge >= 0.3 is 0 Å². The van der Waals surface area contributed by atoms with Gasteiger partial charge in [0.15, 0.2) is 11.5 Å². The topological polar surface area (TPSA) is 32.7 Å². The first-order chi connectivity index (χ1) is 12.8. The highest BCUT2D eigenvalue weighted by Gasteiger charge is 2.57. The maximum absolute atomic E-state index is 10.5. The van der Waals surface area contributed by atoms with Gasteiger partial charge in [0, 0.05) is 23.0 Å². The largest absolute Gasteiger partial charge is 0.504 e. The van der Waals surface area contributed by atoms with Crippen LogP contribution in [0.5, 0.6) is 11.5 Å². The maximum Gasteiger partial charge on any atom is 0.160 e. The van der Waals surface area contributed by atoms with Crippen LogP contribution in [0.25, 0.3) is 0 Å². The third-order valence-corrected chi connectivity index (χ3v) is 6.76. The van der Waals surface area contributed by atoms with Crippen LogP contribution in [0, 0.1) is 5.41 Å². The molecule has 1 unspecified atom stereocenters. The van der Waals surface area contributed by atoms with Gasteiger partial charge in [-0.3, -0.25) is 4.90 Å². The Bertz CT molecular complexity index is 869. The van der Waals surface area contributed by atoms with Crippen molar-refractivity contribution >= 4 is 11.6 Å². The fourth-order valence-corrected chi connectivity index (χ4v) is 6.02. The number of hydrogen-bond donors (Lipinski definition) is 1. The average Bonchev–Trinajstić information content (AvgIpc) is 2.59. The summed E-state index contributed by atoms with van der Waals surface area (Å²) in [5, 5.41) is 11.3. The van der Waals surface area contributed by atoms with Crippen molar-refractivity contribution in [2.45, 2.75) is 44.6 Å². The van der Waals surface area contributed by atoms with Crippen molar-refractivity contribution in [1.82, 2.24) is 4.90 Å². The standard InChI is InChI=1S/C23H28ClNO2/c1-22(2)13-23(14-22,17-7-5-6-8-18(17)24)21-16-12-19(26)20(27-4)11-15(16)9-10-25(21)3/h5-8,11-12,21,26H,9-10,13-14H2,1-4H3. The highest BCUT2D eigenvalue weighted by Crippen LogP contribution is 2.64. The lowest BCUT2D eigenvalue weighted by Gasteiger charge is -2.60. The molecule has 1 N–H and O–H groups in total.